The summed E-state index contributed by atoms with van der Waals surface area (Å²) in [6.45, 7) is 3.78. The highest BCUT2D eigenvalue weighted by Gasteiger charge is 2.06. The van der Waals surface area contributed by atoms with Gasteiger partial charge in [0.25, 0.3) is 0 Å². The summed E-state index contributed by atoms with van der Waals surface area (Å²) in [5.74, 6) is 0. The van der Waals surface area contributed by atoms with Gasteiger partial charge in [0.2, 0.25) is 0 Å². The van der Waals surface area contributed by atoms with Gasteiger partial charge in [0.05, 0.1) is 17.7 Å². The van der Waals surface area contributed by atoms with Gasteiger partial charge in [-0.1, -0.05) is 6.92 Å². The maximum atomic E-state index is 9.35. The van der Waals surface area contributed by atoms with Crippen molar-refractivity contribution in [2.24, 2.45) is 0 Å². The van der Waals surface area contributed by atoms with Crippen molar-refractivity contribution in [3.8, 4) is 0 Å². The summed E-state index contributed by atoms with van der Waals surface area (Å²) in [4.78, 5) is 4.15. The lowest BCUT2D eigenvalue weighted by Crippen LogP contribution is -2.02. The van der Waals surface area contributed by atoms with E-state index in [2.05, 4.69) is 4.98 Å². The van der Waals surface area contributed by atoms with Crippen LogP contribution in [0.1, 0.15) is 25.5 Å². The van der Waals surface area contributed by atoms with Gasteiger partial charge >= 0.3 is 0 Å². The Kier molecular flexibility index (Phi) is 4.38. The van der Waals surface area contributed by atoms with Crippen molar-refractivity contribution in [3.63, 3.8) is 0 Å². The van der Waals surface area contributed by atoms with Crippen LogP contribution in [0.3, 0.4) is 0 Å². The fraction of sp³-hybridized carbons (Fsp3) is 0.500. The number of hydrogen-bond donors (Lipinski definition) is 2. The molecular weight excluding hydrogens is 198 g/mol. The Morgan fingerprint density at radius 1 is 1.50 bits per heavy atom. The summed E-state index contributed by atoms with van der Waals surface area (Å²) in [5.41, 5.74) is 0.854. The average Bonchev–Trinajstić information content (AvgIpc) is 2.18. The minimum Gasteiger partial charge on any atom is -0.395 e. The predicted octanol–water partition coefficient (Wildman–Crippen LogP) is 1.61. The zero-order chi connectivity index (χ0) is 10.6. The van der Waals surface area contributed by atoms with E-state index in [4.69, 9.17) is 5.11 Å². The number of aliphatic hydroxyl groups is 2. The second-order valence-corrected chi connectivity index (χ2v) is 4.67. The predicted molar refractivity (Wildman–Crippen MR) is 57.3 cm³/mol. The number of rotatable bonds is 4. The highest BCUT2D eigenvalue weighted by Crippen LogP contribution is 2.23. The SMILES string of the molecule is CC(CO)Sc1cc([C@H](C)O)ccn1. The van der Waals surface area contributed by atoms with Crippen molar-refractivity contribution in [2.75, 3.05) is 6.61 Å². The summed E-state index contributed by atoms with van der Waals surface area (Å²) >= 11 is 1.50. The highest BCUT2D eigenvalue weighted by molar-refractivity contribution is 7.99. The summed E-state index contributed by atoms with van der Waals surface area (Å²) in [7, 11) is 0. The van der Waals surface area contributed by atoms with E-state index in [-0.39, 0.29) is 11.9 Å². The third-order valence-electron chi connectivity index (χ3n) is 1.82. The Labute approximate surface area is 88.2 Å². The van der Waals surface area contributed by atoms with Crippen molar-refractivity contribution in [1.29, 1.82) is 0 Å². The van der Waals surface area contributed by atoms with Crippen LogP contribution < -0.4 is 0 Å². The molecule has 0 aliphatic rings. The number of pyridine rings is 1. The fourth-order valence-corrected chi connectivity index (χ4v) is 1.81. The first-order valence-electron chi connectivity index (χ1n) is 4.55. The summed E-state index contributed by atoms with van der Waals surface area (Å²) in [5, 5.41) is 19.2. The molecule has 14 heavy (non-hydrogen) atoms. The van der Waals surface area contributed by atoms with Gasteiger partial charge in [0.15, 0.2) is 0 Å². The van der Waals surface area contributed by atoms with Gasteiger partial charge in [-0.25, -0.2) is 4.98 Å². The van der Waals surface area contributed by atoms with Crippen LogP contribution in [0, 0.1) is 0 Å². The number of aliphatic hydroxyl groups excluding tert-OH is 2. The van der Waals surface area contributed by atoms with E-state index in [1.807, 2.05) is 13.0 Å². The molecule has 0 aliphatic carbocycles. The van der Waals surface area contributed by atoms with E-state index in [1.54, 1.807) is 19.2 Å². The Balaban J connectivity index is 2.73. The molecule has 78 valence electrons. The molecule has 4 heteroatoms. The van der Waals surface area contributed by atoms with Crippen LogP contribution in [0.4, 0.5) is 0 Å². The van der Waals surface area contributed by atoms with Crippen molar-refractivity contribution in [1.82, 2.24) is 4.98 Å². The van der Waals surface area contributed by atoms with Crippen molar-refractivity contribution in [2.45, 2.75) is 30.2 Å². The normalized spacial score (nSPS) is 15.1. The third kappa shape index (κ3) is 3.29. The number of thioether (sulfide) groups is 1. The zero-order valence-corrected chi connectivity index (χ0v) is 9.16. The topological polar surface area (TPSA) is 53.4 Å². The van der Waals surface area contributed by atoms with E-state index in [0.717, 1.165) is 10.6 Å². The molecule has 0 spiro atoms. The third-order valence-corrected chi connectivity index (χ3v) is 2.84. The Hall–Kier alpha value is -0.580. The smallest absolute Gasteiger partial charge is 0.0966 e. The molecule has 0 saturated carbocycles. The molecule has 0 amide bonds. The number of aromatic nitrogens is 1. The van der Waals surface area contributed by atoms with Gasteiger partial charge in [-0.15, -0.1) is 11.8 Å². The van der Waals surface area contributed by atoms with Crippen molar-refractivity contribution < 1.29 is 10.2 Å². The van der Waals surface area contributed by atoms with Crippen LogP contribution >= 0.6 is 11.8 Å². The molecule has 2 atom stereocenters. The van der Waals surface area contributed by atoms with Crippen LogP contribution in [0.15, 0.2) is 23.4 Å². The molecule has 0 aromatic carbocycles. The van der Waals surface area contributed by atoms with Gasteiger partial charge in [-0.3, -0.25) is 0 Å². The molecule has 1 heterocycles. The monoisotopic (exact) mass is 213 g/mol. The first-order valence-corrected chi connectivity index (χ1v) is 5.43. The maximum Gasteiger partial charge on any atom is 0.0966 e. The van der Waals surface area contributed by atoms with Crippen molar-refractivity contribution in [3.05, 3.63) is 23.9 Å². The highest BCUT2D eigenvalue weighted by atomic mass is 32.2. The number of hydrogen-bond acceptors (Lipinski definition) is 4. The molecule has 3 nitrogen and oxygen atoms in total. The number of nitrogens with zero attached hydrogens (tertiary/aromatic N) is 1. The Morgan fingerprint density at radius 2 is 2.21 bits per heavy atom. The van der Waals surface area contributed by atoms with E-state index in [0.29, 0.717) is 0 Å². The summed E-state index contributed by atoms with van der Waals surface area (Å²) in [6.07, 6.45) is 1.20. The van der Waals surface area contributed by atoms with Crippen molar-refractivity contribution >= 4 is 11.8 Å². The van der Waals surface area contributed by atoms with Gasteiger partial charge in [0.1, 0.15) is 0 Å². The minimum atomic E-state index is -0.471. The van der Waals surface area contributed by atoms with E-state index < -0.39 is 6.10 Å². The molecule has 0 saturated heterocycles. The van der Waals surface area contributed by atoms with Crippen LogP contribution in [0.5, 0.6) is 0 Å². The molecular formula is C10H15NO2S. The minimum absolute atomic E-state index is 0.130. The van der Waals surface area contributed by atoms with Gasteiger partial charge < -0.3 is 10.2 Å². The van der Waals surface area contributed by atoms with Gasteiger partial charge in [0, 0.05) is 11.4 Å². The van der Waals surface area contributed by atoms with E-state index in [1.165, 1.54) is 11.8 Å². The average molecular weight is 213 g/mol. The lowest BCUT2D eigenvalue weighted by Gasteiger charge is -2.09. The van der Waals surface area contributed by atoms with Crippen LogP contribution in [-0.2, 0) is 0 Å². The molecule has 0 bridgehead atoms. The summed E-state index contributed by atoms with van der Waals surface area (Å²) in [6, 6.07) is 3.64. The first kappa shape index (κ1) is 11.5. The van der Waals surface area contributed by atoms with E-state index in [9.17, 15) is 5.11 Å². The largest absolute Gasteiger partial charge is 0.395 e. The van der Waals surface area contributed by atoms with Gasteiger partial charge in [-0.2, -0.15) is 0 Å². The molecule has 1 aromatic rings. The molecule has 2 N–H and O–H groups in total. The molecule has 1 unspecified atom stereocenters. The second-order valence-electron chi connectivity index (χ2n) is 3.21. The zero-order valence-electron chi connectivity index (χ0n) is 8.34. The maximum absolute atomic E-state index is 9.35. The van der Waals surface area contributed by atoms with E-state index >= 15 is 0 Å². The Morgan fingerprint density at radius 3 is 2.79 bits per heavy atom. The molecule has 1 rings (SSSR count). The lowest BCUT2D eigenvalue weighted by atomic mass is 10.2. The molecule has 1 aromatic heterocycles. The van der Waals surface area contributed by atoms with Gasteiger partial charge in [-0.05, 0) is 24.6 Å². The van der Waals surface area contributed by atoms with Crippen LogP contribution in [0.25, 0.3) is 0 Å². The molecule has 0 radical (unpaired) electrons. The summed E-state index contributed by atoms with van der Waals surface area (Å²) < 4.78 is 0. The molecule has 0 aliphatic heterocycles. The quantitative estimate of drug-likeness (QED) is 0.746. The standard InChI is InChI=1S/C10H15NO2S/c1-7(6-12)14-10-5-9(8(2)13)3-4-11-10/h3-5,7-8,12-13H,6H2,1-2H3/t7?,8-/m0/s1. The fourth-order valence-electron chi connectivity index (χ4n) is 0.992. The van der Waals surface area contributed by atoms with Crippen LogP contribution in [-0.4, -0.2) is 27.1 Å². The second kappa shape index (κ2) is 5.34. The first-order chi connectivity index (χ1) is 6.63. The van der Waals surface area contributed by atoms with Crippen LogP contribution in [0.2, 0.25) is 0 Å². The Bertz CT molecular complexity index is 291. The molecule has 0 fully saturated rings. The lowest BCUT2D eigenvalue weighted by molar-refractivity contribution is 0.199.